The maximum atomic E-state index is 13.1. The second-order valence-corrected chi connectivity index (χ2v) is 9.23. The molecule has 5 rings (SSSR count). The van der Waals surface area contributed by atoms with E-state index in [9.17, 15) is 4.79 Å². The molecule has 0 N–H and O–H groups in total. The number of likely N-dealkylation sites (N-methyl/N-ethyl adjacent to an activating group) is 1. The summed E-state index contributed by atoms with van der Waals surface area (Å²) in [6.45, 7) is 0.464. The number of carbonyl (C=O) groups excluding carboxylic acids is 1. The van der Waals surface area contributed by atoms with Crippen molar-refractivity contribution in [1.29, 1.82) is 0 Å². The Hall–Kier alpha value is -3.48. The highest BCUT2D eigenvalue weighted by molar-refractivity contribution is 9.10. The van der Waals surface area contributed by atoms with Gasteiger partial charge >= 0.3 is 0 Å². The van der Waals surface area contributed by atoms with Crippen LogP contribution in [0.15, 0.2) is 101 Å². The number of nitrogens with zero attached hydrogens (tertiary/aromatic N) is 2. The average molecular weight is 529 g/mol. The normalized spacial score (nSPS) is 14.9. The molecule has 1 saturated heterocycles. The van der Waals surface area contributed by atoms with Gasteiger partial charge < -0.3 is 9.64 Å². The number of amides is 1. The number of fused-ring (bicyclic) bond motifs is 1. The summed E-state index contributed by atoms with van der Waals surface area (Å²) < 4.78 is 6.87. The van der Waals surface area contributed by atoms with Gasteiger partial charge in [0.15, 0.2) is 5.11 Å². The van der Waals surface area contributed by atoms with Gasteiger partial charge in [0.25, 0.3) is 5.91 Å². The van der Waals surface area contributed by atoms with Gasteiger partial charge in [0, 0.05) is 7.05 Å². The topological polar surface area (TPSA) is 32.8 Å². The maximum absolute atomic E-state index is 13.1. The molecule has 0 saturated carbocycles. The van der Waals surface area contributed by atoms with Gasteiger partial charge in [0.05, 0.1) is 10.2 Å². The Kier molecular flexibility index (Phi) is 6.18. The average Bonchev–Trinajstić information content (AvgIpc) is 3.07. The van der Waals surface area contributed by atoms with E-state index in [1.165, 1.54) is 10.8 Å². The summed E-state index contributed by atoms with van der Waals surface area (Å²) in [6, 6.07) is 29.8. The van der Waals surface area contributed by atoms with Crippen molar-refractivity contribution in [2.45, 2.75) is 6.61 Å². The van der Waals surface area contributed by atoms with Crippen molar-refractivity contribution in [2.24, 2.45) is 0 Å². The third-order valence-corrected chi connectivity index (χ3v) is 6.82. The summed E-state index contributed by atoms with van der Waals surface area (Å²) in [5.74, 6) is 0.592. The van der Waals surface area contributed by atoms with E-state index >= 15 is 0 Å². The van der Waals surface area contributed by atoms with Gasteiger partial charge in [0.1, 0.15) is 18.1 Å². The van der Waals surface area contributed by atoms with Gasteiger partial charge in [-0.25, -0.2) is 0 Å². The van der Waals surface area contributed by atoms with Crippen molar-refractivity contribution in [1.82, 2.24) is 4.90 Å². The van der Waals surface area contributed by atoms with Crippen LogP contribution in [-0.2, 0) is 11.4 Å². The van der Waals surface area contributed by atoms with E-state index in [0.717, 1.165) is 27.0 Å². The molecule has 1 heterocycles. The van der Waals surface area contributed by atoms with Crippen molar-refractivity contribution in [3.63, 3.8) is 0 Å². The highest BCUT2D eigenvalue weighted by atomic mass is 79.9. The number of rotatable bonds is 5. The number of benzene rings is 4. The van der Waals surface area contributed by atoms with Crippen LogP contribution in [0, 0.1) is 0 Å². The van der Waals surface area contributed by atoms with E-state index in [2.05, 4.69) is 46.3 Å². The maximum Gasteiger partial charge on any atom is 0.281 e. The largest absolute Gasteiger partial charge is 0.488 e. The Morgan fingerprint density at radius 2 is 1.65 bits per heavy atom. The zero-order valence-corrected chi connectivity index (χ0v) is 20.8. The van der Waals surface area contributed by atoms with Crippen LogP contribution < -0.4 is 9.64 Å². The number of hydrogen-bond acceptors (Lipinski definition) is 3. The minimum Gasteiger partial charge on any atom is -0.488 e. The van der Waals surface area contributed by atoms with Gasteiger partial charge in [-0.1, -0.05) is 60.7 Å². The van der Waals surface area contributed by atoms with Crippen LogP contribution in [0.3, 0.4) is 0 Å². The molecule has 4 aromatic rings. The van der Waals surface area contributed by atoms with E-state index in [-0.39, 0.29) is 5.91 Å². The second-order valence-electron chi connectivity index (χ2n) is 8.01. The molecule has 0 atom stereocenters. The highest BCUT2D eigenvalue weighted by Gasteiger charge is 2.36. The van der Waals surface area contributed by atoms with Crippen molar-refractivity contribution in [2.75, 3.05) is 11.9 Å². The number of anilines is 1. The van der Waals surface area contributed by atoms with Crippen molar-refractivity contribution >= 4 is 61.7 Å². The van der Waals surface area contributed by atoms with Crippen LogP contribution >= 0.6 is 28.1 Å². The number of hydrogen-bond donors (Lipinski definition) is 0. The molecule has 1 aliphatic rings. The zero-order valence-electron chi connectivity index (χ0n) is 18.4. The van der Waals surface area contributed by atoms with Crippen LogP contribution in [-0.4, -0.2) is 23.0 Å². The van der Waals surface area contributed by atoms with Crippen LogP contribution in [0.1, 0.15) is 11.1 Å². The van der Waals surface area contributed by atoms with Crippen LogP contribution in [0.5, 0.6) is 5.75 Å². The van der Waals surface area contributed by atoms with E-state index < -0.39 is 0 Å². The van der Waals surface area contributed by atoms with Gasteiger partial charge in [-0.15, -0.1) is 0 Å². The molecule has 4 aromatic carbocycles. The lowest BCUT2D eigenvalue weighted by molar-refractivity contribution is -0.114. The molecule has 1 aliphatic heterocycles. The monoisotopic (exact) mass is 528 g/mol. The lowest BCUT2D eigenvalue weighted by Crippen LogP contribution is -2.30. The Morgan fingerprint density at radius 1 is 0.912 bits per heavy atom. The van der Waals surface area contributed by atoms with Gasteiger partial charge in [-0.05, 0) is 86.5 Å². The fourth-order valence-corrected chi connectivity index (χ4v) is 4.73. The van der Waals surface area contributed by atoms with Crippen LogP contribution in [0.2, 0.25) is 0 Å². The molecule has 1 amide bonds. The molecular weight excluding hydrogens is 508 g/mol. The van der Waals surface area contributed by atoms with E-state index in [1.807, 2.05) is 73.8 Å². The molecule has 0 bridgehead atoms. The third-order valence-electron chi connectivity index (χ3n) is 5.74. The van der Waals surface area contributed by atoms with E-state index in [1.54, 1.807) is 9.80 Å². The van der Waals surface area contributed by atoms with Gasteiger partial charge in [-0.3, -0.25) is 9.69 Å². The molecule has 0 radical (unpaired) electrons. The predicted octanol–water partition coefficient (Wildman–Crippen LogP) is 6.79. The number of para-hydroxylation sites is 1. The minimum atomic E-state index is -0.147. The number of ether oxygens (including phenoxy) is 1. The number of halogens is 1. The quantitative estimate of drug-likeness (QED) is 0.211. The SMILES string of the molecule is CN1C(=S)N(c2ccccc2)C(=O)/C1=C/c1ccc(OCc2ccc3ccccc3c2)c(Br)c1. The Morgan fingerprint density at radius 3 is 2.41 bits per heavy atom. The first-order valence-corrected chi connectivity index (χ1v) is 12.0. The fourth-order valence-electron chi connectivity index (χ4n) is 3.93. The van der Waals surface area contributed by atoms with Crippen LogP contribution in [0.4, 0.5) is 5.69 Å². The summed E-state index contributed by atoms with van der Waals surface area (Å²) in [5.41, 5.74) is 3.25. The standard InChI is InChI=1S/C28H21BrN2O2S/c1-30-25(27(32)31(28(30)34)23-9-3-2-4-10-23)17-19-12-14-26(24(29)16-19)33-18-20-11-13-21-7-5-6-8-22(21)15-20/h2-17H,18H2,1H3/b25-17-. The molecule has 0 aromatic heterocycles. The lowest BCUT2D eigenvalue weighted by Gasteiger charge is -2.16. The number of carbonyl (C=O) groups is 1. The van der Waals surface area contributed by atoms with E-state index in [4.69, 9.17) is 17.0 Å². The van der Waals surface area contributed by atoms with Crippen molar-refractivity contribution < 1.29 is 9.53 Å². The predicted molar refractivity (Wildman–Crippen MR) is 145 cm³/mol. The molecule has 4 nitrogen and oxygen atoms in total. The molecule has 6 heteroatoms. The van der Waals surface area contributed by atoms with Gasteiger partial charge in [-0.2, -0.15) is 0 Å². The molecule has 0 spiro atoms. The van der Waals surface area contributed by atoms with Crippen LogP contribution in [0.25, 0.3) is 16.8 Å². The first-order chi connectivity index (χ1) is 16.5. The van der Waals surface area contributed by atoms with Gasteiger partial charge in [0.2, 0.25) is 0 Å². The molecular formula is C28H21BrN2O2S. The third kappa shape index (κ3) is 4.34. The molecule has 34 heavy (non-hydrogen) atoms. The molecule has 0 aliphatic carbocycles. The second kappa shape index (κ2) is 9.41. The summed E-state index contributed by atoms with van der Waals surface area (Å²) in [6.07, 6.45) is 1.84. The Balaban J connectivity index is 1.34. The summed E-state index contributed by atoms with van der Waals surface area (Å²) in [5, 5.41) is 2.86. The van der Waals surface area contributed by atoms with Crippen molar-refractivity contribution in [3.8, 4) is 5.75 Å². The first kappa shape index (κ1) is 22.3. The van der Waals surface area contributed by atoms with E-state index in [0.29, 0.717) is 17.4 Å². The minimum absolute atomic E-state index is 0.147. The first-order valence-electron chi connectivity index (χ1n) is 10.8. The number of thiocarbonyl (C=S) groups is 1. The molecule has 1 fully saturated rings. The highest BCUT2D eigenvalue weighted by Crippen LogP contribution is 2.31. The zero-order chi connectivity index (χ0) is 23.7. The smallest absolute Gasteiger partial charge is 0.281 e. The lowest BCUT2D eigenvalue weighted by atomic mass is 10.1. The Labute approximate surface area is 212 Å². The molecule has 168 valence electrons. The fraction of sp³-hybridized carbons (Fsp3) is 0.0714. The summed E-state index contributed by atoms with van der Waals surface area (Å²) in [7, 11) is 1.81. The molecule has 0 unspecified atom stereocenters. The van der Waals surface area contributed by atoms with Crippen molar-refractivity contribution in [3.05, 3.63) is 112 Å². The summed E-state index contributed by atoms with van der Waals surface area (Å²) >= 11 is 9.14. The Bertz CT molecular complexity index is 1440. The summed E-state index contributed by atoms with van der Waals surface area (Å²) in [4.78, 5) is 16.4.